The average molecular weight is 227 g/mol. The molecule has 0 bridgehead atoms. The van der Waals surface area contributed by atoms with E-state index >= 15 is 0 Å². The molecule has 17 heavy (non-hydrogen) atoms. The van der Waals surface area contributed by atoms with Gasteiger partial charge in [-0.15, -0.1) is 0 Å². The summed E-state index contributed by atoms with van der Waals surface area (Å²) in [5.41, 5.74) is 9.38. The summed E-state index contributed by atoms with van der Waals surface area (Å²) in [4.78, 5) is 14.3. The smallest absolute Gasteiger partial charge is 0.228 e. The predicted molar refractivity (Wildman–Crippen MR) is 65.4 cm³/mol. The first-order valence-electron chi connectivity index (χ1n) is 5.58. The molecule has 86 valence electrons. The van der Waals surface area contributed by atoms with Crippen LogP contribution in [0, 0.1) is 0 Å². The van der Waals surface area contributed by atoms with Crippen molar-refractivity contribution in [3.8, 4) is 0 Å². The predicted octanol–water partition coefficient (Wildman–Crippen LogP) is 1.02. The number of nitrogen functional groups attached to an aromatic ring is 1. The van der Waals surface area contributed by atoms with Gasteiger partial charge in [-0.2, -0.15) is 0 Å². The molecule has 0 unspecified atom stereocenters. The van der Waals surface area contributed by atoms with Crippen LogP contribution in [0.2, 0.25) is 0 Å². The number of hydrogen-bond donors (Lipinski definition) is 1. The van der Waals surface area contributed by atoms with Gasteiger partial charge in [0.05, 0.1) is 0 Å². The van der Waals surface area contributed by atoms with Crippen LogP contribution in [0.3, 0.4) is 0 Å². The lowest BCUT2D eigenvalue weighted by molar-refractivity contribution is 0.705. The van der Waals surface area contributed by atoms with E-state index < -0.39 is 0 Å². The summed E-state index contributed by atoms with van der Waals surface area (Å²) in [5, 5.41) is 0. The van der Waals surface area contributed by atoms with E-state index in [0.717, 1.165) is 31.1 Å². The summed E-state index contributed by atoms with van der Waals surface area (Å²) in [6.07, 6.45) is 3.99. The Bertz CT molecular complexity index is 526. The third-order valence-corrected chi connectivity index (χ3v) is 3.06. The molecular weight excluding hydrogens is 214 g/mol. The lowest BCUT2D eigenvalue weighted by Crippen LogP contribution is -2.32. The van der Waals surface area contributed by atoms with Crippen LogP contribution in [0.15, 0.2) is 30.9 Å². The van der Waals surface area contributed by atoms with Gasteiger partial charge in [0.25, 0.3) is 0 Å². The van der Waals surface area contributed by atoms with Gasteiger partial charge < -0.3 is 10.6 Å². The fourth-order valence-corrected chi connectivity index (χ4v) is 2.21. The van der Waals surface area contributed by atoms with E-state index in [9.17, 15) is 0 Å². The standard InChI is InChI=1S/C12H13N5/c13-11-3-1-2-9-6-17(5-4-10(9)11)12-15-7-14-8-16-12/h1-3,7-8H,4-6,13H2. The summed E-state index contributed by atoms with van der Waals surface area (Å²) in [6.45, 7) is 1.70. The van der Waals surface area contributed by atoms with Crippen LogP contribution in [0.25, 0.3) is 0 Å². The van der Waals surface area contributed by atoms with Crippen molar-refractivity contribution in [1.82, 2.24) is 15.0 Å². The highest BCUT2D eigenvalue weighted by Crippen LogP contribution is 2.25. The third kappa shape index (κ3) is 1.80. The van der Waals surface area contributed by atoms with Crippen molar-refractivity contribution in [3.05, 3.63) is 42.0 Å². The lowest BCUT2D eigenvalue weighted by atomic mass is 9.98. The molecule has 0 fully saturated rings. The first kappa shape index (κ1) is 10.0. The summed E-state index contributed by atoms with van der Waals surface area (Å²) < 4.78 is 0. The van der Waals surface area contributed by atoms with Gasteiger partial charge in [0.2, 0.25) is 5.95 Å². The van der Waals surface area contributed by atoms with E-state index in [0.29, 0.717) is 0 Å². The number of fused-ring (bicyclic) bond motifs is 1. The molecule has 1 aliphatic rings. The largest absolute Gasteiger partial charge is 0.398 e. The number of aromatic nitrogens is 3. The molecule has 0 amide bonds. The van der Waals surface area contributed by atoms with Crippen LogP contribution in [0.1, 0.15) is 11.1 Å². The van der Waals surface area contributed by atoms with Gasteiger partial charge in [-0.3, -0.25) is 0 Å². The molecule has 2 heterocycles. The second kappa shape index (κ2) is 4.01. The van der Waals surface area contributed by atoms with Gasteiger partial charge in [-0.25, -0.2) is 15.0 Å². The Kier molecular flexibility index (Phi) is 2.36. The number of nitrogens with two attached hydrogens (primary N) is 1. The average Bonchev–Trinajstić information content (AvgIpc) is 2.40. The zero-order chi connectivity index (χ0) is 11.7. The van der Waals surface area contributed by atoms with Gasteiger partial charge in [0, 0.05) is 18.8 Å². The van der Waals surface area contributed by atoms with E-state index in [1.54, 1.807) is 0 Å². The Morgan fingerprint density at radius 3 is 2.82 bits per heavy atom. The maximum absolute atomic E-state index is 5.97. The van der Waals surface area contributed by atoms with E-state index in [2.05, 4.69) is 25.9 Å². The topological polar surface area (TPSA) is 67.9 Å². The van der Waals surface area contributed by atoms with E-state index in [1.807, 2.05) is 12.1 Å². The summed E-state index contributed by atoms with van der Waals surface area (Å²) in [5.74, 6) is 0.730. The minimum atomic E-state index is 0.730. The van der Waals surface area contributed by atoms with Crippen molar-refractivity contribution in [1.29, 1.82) is 0 Å². The van der Waals surface area contributed by atoms with Gasteiger partial charge in [-0.1, -0.05) is 12.1 Å². The van der Waals surface area contributed by atoms with Crippen LogP contribution in [0.5, 0.6) is 0 Å². The molecule has 0 saturated heterocycles. The first-order valence-corrected chi connectivity index (χ1v) is 5.58. The SMILES string of the molecule is Nc1cccc2c1CCN(c1ncncn1)C2. The molecule has 3 rings (SSSR count). The zero-order valence-corrected chi connectivity index (χ0v) is 9.37. The van der Waals surface area contributed by atoms with Gasteiger partial charge >= 0.3 is 0 Å². The number of nitrogens with zero attached hydrogens (tertiary/aromatic N) is 4. The number of hydrogen-bond acceptors (Lipinski definition) is 5. The molecule has 1 aliphatic heterocycles. The minimum absolute atomic E-state index is 0.730. The molecule has 2 aromatic rings. The van der Waals surface area contributed by atoms with Crippen LogP contribution in [-0.4, -0.2) is 21.5 Å². The lowest BCUT2D eigenvalue weighted by Gasteiger charge is -2.29. The number of anilines is 2. The number of benzene rings is 1. The molecule has 0 spiro atoms. The van der Waals surface area contributed by atoms with Crippen LogP contribution >= 0.6 is 0 Å². The summed E-state index contributed by atoms with van der Waals surface area (Å²) in [7, 11) is 0. The van der Waals surface area contributed by atoms with Crippen molar-refractivity contribution in [2.75, 3.05) is 17.2 Å². The highest BCUT2D eigenvalue weighted by atomic mass is 15.3. The molecule has 2 N–H and O–H groups in total. The third-order valence-electron chi connectivity index (χ3n) is 3.06. The first-order chi connectivity index (χ1) is 8.34. The maximum Gasteiger partial charge on any atom is 0.228 e. The Hall–Kier alpha value is -2.17. The Morgan fingerprint density at radius 2 is 2.00 bits per heavy atom. The quantitative estimate of drug-likeness (QED) is 0.736. The highest BCUT2D eigenvalue weighted by molar-refractivity contribution is 5.54. The van der Waals surface area contributed by atoms with E-state index in [-0.39, 0.29) is 0 Å². The normalized spacial score (nSPS) is 14.5. The molecule has 5 nitrogen and oxygen atoms in total. The minimum Gasteiger partial charge on any atom is -0.398 e. The Morgan fingerprint density at radius 1 is 1.18 bits per heavy atom. The second-order valence-corrected chi connectivity index (χ2v) is 4.09. The maximum atomic E-state index is 5.97. The fraction of sp³-hybridized carbons (Fsp3) is 0.250. The Labute approximate surface area is 99.3 Å². The van der Waals surface area contributed by atoms with Crippen LogP contribution in [-0.2, 0) is 13.0 Å². The molecule has 0 saturated carbocycles. The van der Waals surface area contributed by atoms with Crippen molar-refractivity contribution >= 4 is 11.6 Å². The van der Waals surface area contributed by atoms with Crippen molar-refractivity contribution < 1.29 is 0 Å². The molecule has 5 heteroatoms. The van der Waals surface area contributed by atoms with Gasteiger partial charge in [0.1, 0.15) is 12.7 Å². The molecule has 1 aromatic heterocycles. The van der Waals surface area contributed by atoms with Crippen LogP contribution in [0.4, 0.5) is 11.6 Å². The zero-order valence-electron chi connectivity index (χ0n) is 9.37. The van der Waals surface area contributed by atoms with Crippen molar-refractivity contribution in [2.45, 2.75) is 13.0 Å². The van der Waals surface area contributed by atoms with Gasteiger partial charge in [-0.05, 0) is 23.6 Å². The van der Waals surface area contributed by atoms with Gasteiger partial charge in [0.15, 0.2) is 0 Å². The summed E-state index contributed by atoms with van der Waals surface area (Å²) >= 11 is 0. The summed E-state index contributed by atoms with van der Waals surface area (Å²) in [6, 6.07) is 6.06. The van der Waals surface area contributed by atoms with Crippen molar-refractivity contribution in [3.63, 3.8) is 0 Å². The molecule has 0 aliphatic carbocycles. The second-order valence-electron chi connectivity index (χ2n) is 4.09. The van der Waals surface area contributed by atoms with E-state index in [4.69, 9.17) is 5.73 Å². The number of rotatable bonds is 1. The van der Waals surface area contributed by atoms with E-state index in [1.165, 1.54) is 23.8 Å². The molecule has 0 atom stereocenters. The fourth-order valence-electron chi connectivity index (χ4n) is 2.21. The molecule has 1 aromatic carbocycles. The molecule has 0 radical (unpaired) electrons. The highest BCUT2D eigenvalue weighted by Gasteiger charge is 2.19. The monoisotopic (exact) mass is 227 g/mol. The van der Waals surface area contributed by atoms with Crippen LogP contribution < -0.4 is 10.6 Å². The molecular formula is C12H13N5. The Balaban J connectivity index is 1.91. The van der Waals surface area contributed by atoms with Crippen molar-refractivity contribution in [2.24, 2.45) is 0 Å².